The summed E-state index contributed by atoms with van der Waals surface area (Å²) in [5, 5.41) is 6.15. The van der Waals surface area contributed by atoms with Crippen molar-refractivity contribution in [2.45, 2.75) is 24.8 Å². The molecule has 15 heteroatoms. The fourth-order valence-corrected chi connectivity index (χ4v) is 2.47. The Morgan fingerprint density at radius 3 is 2.33 bits per heavy atom. The Labute approximate surface area is 160 Å². The van der Waals surface area contributed by atoms with Crippen LogP contribution in [0.4, 0.5) is 35.1 Å². The summed E-state index contributed by atoms with van der Waals surface area (Å²) in [4.78, 5) is 16.0. The molecule has 3 rings (SSSR count). The first-order chi connectivity index (χ1) is 13.7. The van der Waals surface area contributed by atoms with Crippen LogP contribution in [0, 0.1) is 0 Å². The molecule has 0 radical (unpaired) electrons. The number of rotatable bonds is 4. The van der Waals surface area contributed by atoms with Gasteiger partial charge in [0.15, 0.2) is 5.69 Å². The van der Waals surface area contributed by atoms with E-state index in [-0.39, 0.29) is 10.4 Å². The van der Waals surface area contributed by atoms with Gasteiger partial charge in [-0.05, 0) is 6.07 Å². The monoisotopic (exact) mass is 443 g/mol. The minimum Gasteiger partial charge on any atom is -0.497 e. The van der Waals surface area contributed by atoms with Crippen molar-refractivity contribution >= 4 is 5.65 Å². The molecule has 0 aliphatic rings. The van der Waals surface area contributed by atoms with Gasteiger partial charge >= 0.3 is 18.3 Å². The van der Waals surface area contributed by atoms with Gasteiger partial charge in [0, 0.05) is 12.3 Å². The molecule has 0 amide bonds. The van der Waals surface area contributed by atoms with E-state index in [9.17, 15) is 39.9 Å². The first-order valence-electron chi connectivity index (χ1n) is 7.77. The Balaban J connectivity index is 2.18. The first kappa shape index (κ1) is 21.4. The summed E-state index contributed by atoms with van der Waals surface area (Å²) in [5.41, 5.74) is -5.47. The molecule has 0 saturated heterocycles. The van der Waals surface area contributed by atoms with Crippen LogP contribution in [0.5, 0.6) is 5.75 Å². The van der Waals surface area contributed by atoms with E-state index in [0.717, 1.165) is 12.3 Å². The van der Waals surface area contributed by atoms with Crippen LogP contribution in [0.3, 0.4) is 0 Å². The van der Waals surface area contributed by atoms with E-state index < -0.39 is 53.0 Å². The van der Waals surface area contributed by atoms with Crippen molar-refractivity contribution in [3.8, 4) is 17.0 Å². The predicted octanol–water partition coefficient (Wildman–Crippen LogP) is 3.18. The van der Waals surface area contributed by atoms with Crippen LogP contribution in [0.25, 0.3) is 16.9 Å². The first-order valence-corrected chi connectivity index (χ1v) is 7.77. The number of halogens is 8. The molecule has 0 fully saturated rings. The highest BCUT2D eigenvalue weighted by molar-refractivity contribution is 5.63. The van der Waals surface area contributed by atoms with Crippen molar-refractivity contribution in [2.75, 3.05) is 7.11 Å². The summed E-state index contributed by atoms with van der Waals surface area (Å²) in [7, 11) is 1.23. The number of nitrogens with zero attached hydrogens (tertiary/aromatic N) is 5. The molecule has 3 aromatic heterocycles. The molecule has 3 heterocycles. The third kappa shape index (κ3) is 3.78. The van der Waals surface area contributed by atoms with Gasteiger partial charge in [-0.2, -0.15) is 35.1 Å². The summed E-state index contributed by atoms with van der Waals surface area (Å²) in [5.74, 6) is -5.12. The van der Waals surface area contributed by atoms with Gasteiger partial charge in [0.25, 0.3) is 5.56 Å². The Morgan fingerprint density at radius 1 is 1.10 bits per heavy atom. The van der Waals surface area contributed by atoms with Crippen LogP contribution in [0.1, 0.15) is 5.69 Å². The van der Waals surface area contributed by atoms with Crippen molar-refractivity contribution in [1.82, 2.24) is 24.4 Å². The fraction of sp³-hybridized carbons (Fsp3) is 0.333. The van der Waals surface area contributed by atoms with E-state index in [2.05, 4.69) is 15.3 Å². The fourth-order valence-electron chi connectivity index (χ4n) is 2.47. The van der Waals surface area contributed by atoms with E-state index in [0.29, 0.717) is 10.6 Å². The zero-order chi connectivity index (χ0) is 22.5. The van der Waals surface area contributed by atoms with E-state index in [4.69, 9.17) is 4.74 Å². The average Bonchev–Trinajstić information content (AvgIpc) is 3.06. The molecule has 0 saturated carbocycles. The highest BCUT2D eigenvalue weighted by Crippen LogP contribution is 2.37. The molecular formula is C15H9F8N5O2. The van der Waals surface area contributed by atoms with Gasteiger partial charge in [0.1, 0.15) is 29.2 Å². The molecule has 30 heavy (non-hydrogen) atoms. The second kappa shape index (κ2) is 6.91. The average molecular weight is 443 g/mol. The summed E-state index contributed by atoms with van der Waals surface area (Å²) < 4.78 is 109. The summed E-state index contributed by atoms with van der Waals surface area (Å²) in [6, 6.07) is 2.29. The van der Waals surface area contributed by atoms with Gasteiger partial charge < -0.3 is 4.74 Å². The molecule has 0 spiro atoms. The SMILES string of the molecule is COc1ccn2c(=O)c(-c3cn(CC(F)(F)C(F)(F)F)nn3)c(C(F)(F)F)nc2c1. The molecule has 0 N–H and O–H groups in total. The predicted molar refractivity (Wildman–Crippen MR) is 83.0 cm³/mol. The van der Waals surface area contributed by atoms with E-state index in [1.807, 2.05) is 0 Å². The molecule has 0 bridgehead atoms. The molecule has 0 aliphatic heterocycles. The van der Waals surface area contributed by atoms with Crippen LogP contribution in [-0.2, 0) is 12.7 Å². The smallest absolute Gasteiger partial charge is 0.455 e. The maximum absolute atomic E-state index is 13.5. The van der Waals surface area contributed by atoms with Crippen molar-refractivity contribution in [2.24, 2.45) is 0 Å². The van der Waals surface area contributed by atoms with Gasteiger partial charge in [-0.15, -0.1) is 5.10 Å². The number of pyridine rings is 1. The lowest BCUT2D eigenvalue weighted by Crippen LogP contribution is -2.40. The van der Waals surface area contributed by atoms with Gasteiger partial charge in [-0.3, -0.25) is 9.20 Å². The topological polar surface area (TPSA) is 74.3 Å². The van der Waals surface area contributed by atoms with E-state index in [1.54, 1.807) is 0 Å². The number of methoxy groups -OCH3 is 1. The molecule has 162 valence electrons. The molecule has 0 aromatic carbocycles. The third-order valence-electron chi connectivity index (χ3n) is 3.88. The lowest BCUT2D eigenvalue weighted by atomic mass is 10.1. The highest BCUT2D eigenvalue weighted by atomic mass is 19.4. The Hall–Kier alpha value is -3.26. The van der Waals surface area contributed by atoms with Crippen LogP contribution in [0.2, 0.25) is 0 Å². The number of hydrogen-bond donors (Lipinski definition) is 0. The van der Waals surface area contributed by atoms with Crippen molar-refractivity contribution in [1.29, 1.82) is 0 Å². The molecular weight excluding hydrogens is 434 g/mol. The molecule has 0 atom stereocenters. The number of alkyl halides is 8. The summed E-state index contributed by atoms with van der Waals surface area (Å²) in [6.45, 7) is -2.04. The Kier molecular flexibility index (Phi) is 4.94. The maximum Gasteiger partial charge on any atom is 0.455 e. The van der Waals surface area contributed by atoms with Crippen molar-refractivity contribution in [3.63, 3.8) is 0 Å². The van der Waals surface area contributed by atoms with Crippen LogP contribution in [0.15, 0.2) is 29.3 Å². The Morgan fingerprint density at radius 2 is 1.77 bits per heavy atom. The van der Waals surface area contributed by atoms with Gasteiger partial charge in [-0.1, -0.05) is 5.21 Å². The lowest BCUT2D eigenvalue weighted by molar-refractivity contribution is -0.287. The van der Waals surface area contributed by atoms with Gasteiger partial charge in [0.05, 0.1) is 13.3 Å². The zero-order valence-corrected chi connectivity index (χ0v) is 14.6. The molecule has 3 aromatic rings. The molecule has 0 aliphatic carbocycles. The lowest BCUT2D eigenvalue weighted by Gasteiger charge is -2.18. The van der Waals surface area contributed by atoms with Crippen molar-refractivity contribution in [3.05, 3.63) is 40.6 Å². The number of ether oxygens (including phenoxy) is 1. The van der Waals surface area contributed by atoms with E-state index >= 15 is 0 Å². The van der Waals surface area contributed by atoms with Crippen LogP contribution >= 0.6 is 0 Å². The second-order valence-electron chi connectivity index (χ2n) is 5.94. The van der Waals surface area contributed by atoms with E-state index in [1.165, 1.54) is 13.2 Å². The zero-order valence-electron chi connectivity index (χ0n) is 14.6. The number of aromatic nitrogens is 5. The normalized spacial score (nSPS) is 13.1. The Bertz CT molecular complexity index is 1150. The number of fused-ring (bicyclic) bond motifs is 1. The standard InChI is InChI=1S/C15H9F8N5O2/c1-30-7-2-3-28-9(4-7)24-11(14(18,19)20)10(12(28)29)8-5-27(26-25-8)6-13(16,17)15(21,22)23/h2-5H,6H2,1H3. The summed E-state index contributed by atoms with van der Waals surface area (Å²) in [6.07, 6.45) is -9.66. The van der Waals surface area contributed by atoms with Gasteiger partial charge in [-0.25, -0.2) is 9.67 Å². The summed E-state index contributed by atoms with van der Waals surface area (Å²) >= 11 is 0. The number of hydrogen-bond acceptors (Lipinski definition) is 5. The minimum absolute atomic E-state index is 0.00863. The quantitative estimate of drug-likeness (QED) is 0.580. The second-order valence-corrected chi connectivity index (χ2v) is 5.94. The van der Waals surface area contributed by atoms with Gasteiger partial charge in [0.2, 0.25) is 0 Å². The van der Waals surface area contributed by atoms with Crippen molar-refractivity contribution < 1.29 is 39.9 Å². The maximum atomic E-state index is 13.5. The van der Waals surface area contributed by atoms with Crippen LogP contribution < -0.4 is 10.3 Å². The molecule has 7 nitrogen and oxygen atoms in total. The largest absolute Gasteiger partial charge is 0.497 e. The van der Waals surface area contributed by atoms with Crippen LogP contribution in [-0.4, -0.2) is 43.6 Å². The highest BCUT2D eigenvalue weighted by Gasteiger charge is 2.57. The third-order valence-corrected chi connectivity index (χ3v) is 3.88. The molecule has 0 unspecified atom stereocenters. The minimum atomic E-state index is -5.92.